The van der Waals surface area contributed by atoms with Gasteiger partial charge in [0.25, 0.3) is 0 Å². The van der Waals surface area contributed by atoms with Gasteiger partial charge in [-0.1, -0.05) is 22.9 Å². The van der Waals surface area contributed by atoms with Gasteiger partial charge in [-0.05, 0) is 56.1 Å². The summed E-state index contributed by atoms with van der Waals surface area (Å²) in [6, 6.07) is 7.66. The Hall–Kier alpha value is -0.870. The Bertz CT molecular complexity index is 397. The number of hydrogen-bond acceptors (Lipinski definition) is 2. The quantitative estimate of drug-likeness (QED) is 0.930. The van der Waals surface area contributed by atoms with Gasteiger partial charge in [-0.3, -0.25) is 9.69 Å². The summed E-state index contributed by atoms with van der Waals surface area (Å²) in [4.78, 5) is 14.1. The van der Waals surface area contributed by atoms with Crippen LogP contribution < -0.4 is 5.32 Å². The summed E-state index contributed by atoms with van der Waals surface area (Å²) < 4.78 is 1.02. The van der Waals surface area contributed by atoms with E-state index in [-0.39, 0.29) is 5.91 Å². The predicted molar refractivity (Wildman–Crippen MR) is 77.6 cm³/mol. The first-order chi connectivity index (χ1) is 8.63. The number of piperidine rings is 1. The number of likely N-dealkylation sites (tertiary alicyclic amines) is 1. The number of nitrogens with one attached hydrogen (secondary N) is 1. The summed E-state index contributed by atoms with van der Waals surface area (Å²) in [5, 5.41) is 2.93. The highest BCUT2D eigenvalue weighted by Crippen LogP contribution is 2.16. The van der Waals surface area contributed by atoms with E-state index in [4.69, 9.17) is 0 Å². The van der Waals surface area contributed by atoms with Crippen molar-refractivity contribution in [1.29, 1.82) is 0 Å². The summed E-state index contributed by atoms with van der Waals surface area (Å²) in [6.45, 7) is 4.85. The fourth-order valence-corrected chi connectivity index (χ4v) is 2.42. The SMILES string of the molecule is CC1CCN(CC(=O)Nc2ccc(Br)cc2)CC1. The predicted octanol–water partition coefficient (Wildman–Crippen LogP) is 3.12. The average Bonchev–Trinajstić information content (AvgIpc) is 2.35. The van der Waals surface area contributed by atoms with Crippen LogP contribution in [0.15, 0.2) is 28.7 Å². The summed E-state index contributed by atoms with van der Waals surface area (Å²) in [5.74, 6) is 0.877. The molecule has 1 fully saturated rings. The first-order valence-electron chi connectivity index (χ1n) is 6.41. The number of rotatable bonds is 3. The lowest BCUT2D eigenvalue weighted by atomic mass is 9.99. The molecule has 0 aliphatic carbocycles. The summed E-state index contributed by atoms with van der Waals surface area (Å²) >= 11 is 3.38. The third-order valence-corrected chi connectivity index (χ3v) is 3.90. The molecule has 18 heavy (non-hydrogen) atoms. The van der Waals surface area contributed by atoms with E-state index in [0.717, 1.165) is 29.2 Å². The van der Waals surface area contributed by atoms with Crippen molar-refractivity contribution < 1.29 is 4.79 Å². The monoisotopic (exact) mass is 310 g/mol. The van der Waals surface area contributed by atoms with Crippen molar-refractivity contribution in [2.75, 3.05) is 25.0 Å². The van der Waals surface area contributed by atoms with Gasteiger partial charge >= 0.3 is 0 Å². The molecule has 1 aromatic rings. The molecular weight excluding hydrogens is 292 g/mol. The minimum Gasteiger partial charge on any atom is -0.325 e. The second kappa shape index (κ2) is 6.34. The van der Waals surface area contributed by atoms with Gasteiger partial charge in [0.1, 0.15) is 0 Å². The van der Waals surface area contributed by atoms with Crippen LogP contribution in [0.1, 0.15) is 19.8 Å². The van der Waals surface area contributed by atoms with Crippen LogP contribution in [0.2, 0.25) is 0 Å². The highest BCUT2D eigenvalue weighted by atomic mass is 79.9. The van der Waals surface area contributed by atoms with E-state index in [2.05, 4.69) is 33.1 Å². The Labute approximate surface area is 117 Å². The van der Waals surface area contributed by atoms with E-state index in [1.165, 1.54) is 12.8 Å². The molecule has 2 rings (SSSR count). The van der Waals surface area contributed by atoms with E-state index in [9.17, 15) is 4.79 Å². The van der Waals surface area contributed by atoms with Gasteiger partial charge in [0.15, 0.2) is 0 Å². The Kier molecular flexibility index (Phi) is 4.78. The Morgan fingerprint density at radius 1 is 1.33 bits per heavy atom. The number of halogens is 1. The van der Waals surface area contributed by atoms with Crippen LogP contribution >= 0.6 is 15.9 Å². The molecule has 3 nitrogen and oxygen atoms in total. The van der Waals surface area contributed by atoms with E-state index in [0.29, 0.717) is 6.54 Å². The Morgan fingerprint density at radius 2 is 1.94 bits per heavy atom. The van der Waals surface area contributed by atoms with Gasteiger partial charge in [-0.25, -0.2) is 0 Å². The lowest BCUT2D eigenvalue weighted by Crippen LogP contribution is -2.38. The van der Waals surface area contributed by atoms with Crippen LogP contribution in [0.25, 0.3) is 0 Å². The molecule has 98 valence electrons. The van der Waals surface area contributed by atoms with Crippen LogP contribution in [-0.4, -0.2) is 30.4 Å². The van der Waals surface area contributed by atoms with Crippen molar-refractivity contribution in [2.45, 2.75) is 19.8 Å². The van der Waals surface area contributed by atoms with Gasteiger partial charge in [-0.2, -0.15) is 0 Å². The fraction of sp³-hybridized carbons (Fsp3) is 0.500. The van der Waals surface area contributed by atoms with Crippen LogP contribution in [0.4, 0.5) is 5.69 Å². The molecule has 0 spiro atoms. The van der Waals surface area contributed by atoms with Crippen molar-refractivity contribution in [2.24, 2.45) is 5.92 Å². The van der Waals surface area contributed by atoms with Crippen molar-refractivity contribution in [3.05, 3.63) is 28.7 Å². The maximum absolute atomic E-state index is 11.9. The van der Waals surface area contributed by atoms with Gasteiger partial charge < -0.3 is 5.32 Å². The normalized spacial score (nSPS) is 17.7. The van der Waals surface area contributed by atoms with Crippen LogP contribution in [0.3, 0.4) is 0 Å². The molecule has 0 aromatic heterocycles. The first-order valence-corrected chi connectivity index (χ1v) is 7.20. The van der Waals surface area contributed by atoms with Gasteiger partial charge in [-0.15, -0.1) is 0 Å². The summed E-state index contributed by atoms with van der Waals surface area (Å²) in [6.07, 6.45) is 2.40. The standard InChI is InChI=1S/C14H19BrN2O/c1-11-6-8-17(9-7-11)10-14(18)16-13-4-2-12(15)3-5-13/h2-5,11H,6-10H2,1H3,(H,16,18). The first kappa shape index (κ1) is 13.6. The van der Waals surface area contributed by atoms with E-state index in [1.807, 2.05) is 24.3 Å². The number of benzene rings is 1. The highest BCUT2D eigenvalue weighted by Gasteiger charge is 2.17. The second-order valence-electron chi connectivity index (χ2n) is 5.01. The molecule has 0 unspecified atom stereocenters. The zero-order valence-electron chi connectivity index (χ0n) is 10.7. The Balaban J connectivity index is 1.80. The molecular formula is C14H19BrN2O. The number of amides is 1. The number of nitrogens with zero attached hydrogens (tertiary/aromatic N) is 1. The molecule has 4 heteroatoms. The summed E-state index contributed by atoms with van der Waals surface area (Å²) in [5.41, 5.74) is 0.855. The minimum atomic E-state index is 0.0758. The Morgan fingerprint density at radius 3 is 2.56 bits per heavy atom. The van der Waals surface area contributed by atoms with Crippen molar-refractivity contribution >= 4 is 27.5 Å². The molecule has 1 N–H and O–H groups in total. The number of carbonyl (C=O) groups is 1. The van der Waals surface area contributed by atoms with E-state index in [1.54, 1.807) is 0 Å². The van der Waals surface area contributed by atoms with Crippen LogP contribution in [0, 0.1) is 5.92 Å². The smallest absolute Gasteiger partial charge is 0.238 e. The zero-order chi connectivity index (χ0) is 13.0. The maximum Gasteiger partial charge on any atom is 0.238 e. The zero-order valence-corrected chi connectivity index (χ0v) is 12.2. The molecule has 0 atom stereocenters. The van der Waals surface area contributed by atoms with Gasteiger partial charge in [0.05, 0.1) is 6.54 Å². The molecule has 1 amide bonds. The highest BCUT2D eigenvalue weighted by molar-refractivity contribution is 9.10. The molecule has 1 saturated heterocycles. The third-order valence-electron chi connectivity index (χ3n) is 3.37. The van der Waals surface area contributed by atoms with Gasteiger partial charge in [0, 0.05) is 10.2 Å². The molecule has 1 aliphatic heterocycles. The molecule has 1 aromatic carbocycles. The topological polar surface area (TPSA) is 32.3 Å². The molecule has 1 heterocycles. The van der Waals surface area contributed by atoms with Crippen molar-refractivity contribution in [1.82, 2.24) is 4.90 Å². The molecule has 0 radical (unpaired) electrons. The molecule has 1 aliphatic rings. The van der Waals surface area contributed by atoms with E-state index < -0.39 is 0 Å². The van der Waals surface area contributed by atoms with Gasteiger partial charge in [0.2, 0.25) is 5.91 Å². The molecule has 0 bridgehead atoms. The summed E-state index contributed by atoms with van der Waals surface area (Å²) in [7, 11) is 0. The number of hydrogen-bond donors (Lipinski definition) is 1. The third kappa shape index (κ3) is 4.10. The second-order valence-corrected chi connectivity index (χ2v) is 5.93. The average molecular weight is 311 g/mol. The number of anilines is 1. The van der Waals surface area contributed by atoms with Crippen LogP contribution in [-0.2, 0) is 4.79 Å². The van der Waals surface area contributed by atoms with Crippen LogP contribution in [0.5, 0.6) is 0 Å². The number of carbonyl (C=O) groups excluding carboxylic acids is 1. The maximum atomic E-state index is 11.9. The van der Waals surface area contributed by atoms with Crippen molar-refractivity contribution in [3.8, 4) is 0 Å². The lowest BCUT2D eigenvalue weighted by Gasteiger charge is -2.29. The molecule has 0 saturated carbocycles. The lowest BCUT2D eigenvalue weighted by molar-refractivity contribution is -0.117. The minimum absolute atomic E-state index is 0.0758. The van der Waals surface area contributed by atoms with Crippen molar-refractivity contribution in [3.63, 3.8) is 0 Å². The largest absolute Gasteiger partial charge is 0.325 e. The fourth-order valence-electron chi connectivity index (χ4n) is 2.16. The van der Waals surface area contributed by atoms with E-state index >= 15 is 0 Å².